The molecule has 4 rings (SSSR count). The number of rotatable bonds is 4. The van der Waals surface area contributed by atoms with E-state index in [1.807, 2.05) is 35.9 Å². The van der Waals surface area contributed by atoms with Gasteiger partial charge >= 0.3 is 0 Å². The number of aryl methyl sites for hydroxylation is 1. The number of benzene rings is 1. The first kappa shape index (κ1) is 16.3. The summed E-state index contributed by atoms with van der Waals surface area (Å²) in [5, 5.41) is 22.9. The summed E-state index contributed by atoms with van der Waals surface area (Å²) in [6.45, 7) is 0.130. The van der Waals surface area contributed by atoms with Crippen LogP contribution < -0.4 is 5.56 Å². The molecule has 0 aliphatic heterocycles. The molecule has 3 heterocycles. The van der Waals surface area contributed by atoms with Crippen LogP contribution in [0.25, 0.3) is 22.1 Å². The van der Waals surface area contributed by atoms with E-state index in [4.69, 9.17) is 0 Å². The van der Waals surface area contributed by atoms with Gasteiger partial charge in [0.05, 0.1) is 16.7 Å². The fourth-order valence-electron chi connectivity index (χ4n) is 2.95. The highest BCUT2D eigenvalue weighted by molar-refractivity contribution is 5.76. The van der Waals surface area contributed by atoms with Crippen molar-refractivity contribution in [2.24, 2.45) is 7.05 Å². The third-order valence-electron chi connectivity index (χ3n) is 4.20. The molecule has 0 unspecified atom stereocenters. The molecule has 3 aromatic heterocycles. The number of aliphatic hydroxyl groups is 2. The van der Waals surface area contributed by atoms with Gasteiger partial charge in [-0.05, 0) is 12.1 Å². The van der Waals surface area contributed by atoms with Crippen LogP contribution in [0.4, 0.5) is 0 Å². The number of fused-ring (bicyclic) bond motifs is 2. The van der Waals surface area contributed by atoms with E-state index in [0.29, 0.717) is 11.5 Å². The molecule has 9 heteroatoms. The lowest BCUT2D eigenvalue weighted by molar-refractivity contribution is -0.0388. The molecule has 132 valence electrons. The van der Waals surface area contributed by atoms with Gasteiger partial charge in [0, 0.05) is 25.9 Å². The predicted molar refractivity (Wildman–Crippen MR) is 93.3 cm³/mol. The zero-order chi connectivity index (χ0) is 18.3. The molecule has 0 spiro atoms. The van der Waals surface area contributed by atoms with Crippen LogP contribution in [0, 0.1) is 0 Å². The van der Waals surface area contributed by atoms with E-state index in [1.54, 1.807) is 0 Å². The molecule has 0 saturated heterocycles. The van der Waals surface area contributed by atoms with Crippen LogP contribution in [-0.2, 0) is 20.0 Å². The summed E-state index contributed by atoms with van der Waals surface area (Å²) in [6, 6.07) is 7.66. The molecule has 1 aromatic carbocycles. The van der Waals surface area contributed by atoms with Crippen molar-refractivity contribution in [2.45, 2.75) is 19.3 Å². The van der Waals surface area contributed by atoms with E-state index in [1.165, 1.54) is 17.1 Å². The number of aliphatic hydroxyl groups excluding tert-OH is 1. The van der Waals surface area contributed by atoms with Crippen molar-refractivity contribution in [3.05, 3.63) is 58.5 Å². The van der Waals surface area contributed by atoms with Crippen molar-refractivity contribution in [3.63, 3.8) is 0 Å². The Morgan fingerprint density at radius 1 is 1.12 bits per heavy atom. The van der Waals surface area contributed by atoms with Crippen LogP contribution in [0.2, 0.25) is 0 Å². The number of imidazole rings is 1. The molecule has 2 N–H and O–H groups in total. The van der Waals surface area contributed by atoms with E-state index >= 15 is 0 Å². The summed E-state index contributed by atoms with van der Waals surface area (Å²) in [5.41, 5.74) is 2.06. The molecule has 0 aliphatic rings. The zero-order valence-electron chi connectivity index (χ0n) is 13.9. The minimum absolute atomic E-state index is 0.130. The molecule has 0 fully saturated rings. The summed E-state index contributed by atoms with van der Waals surface area (Å²) < 4.78 is 3.13. The molecule has 9 nitrogen and oxygen atoms in total. The minimum Gasteiger partial charge on any atom is -0.368 e. The molecule has 26 heavy (non-hydrogen) atoms. The average molecular weight is 352 g/mol. The smallest absolute Gasteiger partial charge is 0.295 e. The van der Waals surface area contributed by atoms with Gasteiger partial charge in [0.1, 0.15) is 17.9 Å². The van der Waals surface area contributed by atoms with Crippen molar-refractivity contribution in [2.75, 3.05) is 0 Å². The maximum Gasteiger partial charge on any atom is 0.295 e. The van der Waals surface area contributed by atoms with Gasteiger partial charge in [-0.1, -0.05) is 12.1 Å². The lowest BCUT2D eigenvalue weighted by Gasteiger charge is -2.10. The standard InChI is InChI=1S/C17H16N6O3/c1-22-12-5-3-2-4-10(12)20-13(22)9-23-17(26)16-15(18-6-7-19-16)11(21-23)8-14(24)25/h2-7,14,24-25H,8-9H2,1H3. The summed E-state index contributed by atoms with van der Waals surface area (Å²) in [6.07, 6.45) is 1.10. The minimum atomic E-state index is -1.60. The second-order valence-electron chi connectivity index (χ2n) is 5.92. The van der Waals surface area contributed by atoms with E-state index in [9.17, 15) is 15.0 Å². The van der Waals surface area contributed by atoms with Crippen LogP contribution in [-0.4, -0.2) is 45.8 Å². The monoisotopic (exact) mass is 352 g/mol. The molecular formula is C17H16N6O3. The fraction of sp³-hybridized carbons (Fsp3) is 0.235. The molecule has 0 radical (unpaired) electrons. The van der Waals surface area contributed by atoms with E-state index in [0.717, 1.165) is 11.0 Å². The Morgan fingerprint density at radius 2 is 1.85 bits per heavy atom. The van der Waals surface area contributed by atoms with Gasteiger partial charge in [-0.15, -0.1) is 0 Å². The molecule has 0 atom stereocenters. The second kappa shape index (κ2) is 6.28. The van der Waals surface area contributed by atoms with Crippen LogP contribution in [0.1, 0.15) is 11.5 Å². The van der Waals surface area contributed by atoms with Crippen LogP contribution in [0.15, 0.2) is 41.5 Å². The number of nitrogens with zero attached hydrogens (tertiary/aromatic N) is 6. The predicted octanol–water partition coefficient (Wildman–Crippen LogP) is -0.0253. The van der Waals surface area contributed by atoms with Crippen LogP contribution in [0.3, 0.4) is 0 Å². The van der Waals surface area contributed by atoms with Gasteiger partial charge in [0.25, 0.3) is 5.56 Å². The SMILES string of the molecule is Cn1c(Cn2nc(CC(O)O)c3nccnc3c2=O)nc2ccccc21. The maximum absolute atomic E-state index is 12.7. The Labute approximate surface area is 147 Å². The van der Waals surface area contributed by atoms with Crippen molar-refractivity contribution < 1.29 is 10.2 Å². The first-order valence-corrected chi connectivity index (χ1v) is 8.02. The largest absolute Gasteiger partial charge is 0.368 e. The van der Waals surface area contributed by atoms with Crippen molar-refractivity contribution in [1.29, 1.82) is 0 Å². The first-order chi connectivity index (χ1) is 12.5. The van der Waals surface area contributed by atoms with Gasteiger partial charge in [-0.3, -0.25) is 9.78 Å². The number of para-hydroxylation sites is 2. The van der Waals surface area contributed by atoms with Gasteiger partial charge in [0.2, 0.25) is 0 Å². The van der Waals surface area contributed by atoms with Gasteiger partial charge < -0.3 is 14.8 Å². The van der Waals surface area contributed by atoms with E-state index in [2.05, 4.69) is 20.1 Å². The van der Waals surface area contributed by atoms with Crippen molar-refractivity contribution >= 4 is 22.1 Å². The summed E-state index contributed by atoms with van der Waals surface area (Å²) in [4.78, 5) is 25.5. The highest BCUT2D eigenvalue weighted by atomic mass is 16.5. The van der Waals surface area contributed by atoms with Crippen molar-refractivity contribution in [1.82, 2.24) is 29.3 Å². The van der Waals surface area contributed by atoms with Gasteiger partial charge in [-0.2, -0.15) is 5.10 Å². The Morgan fingerprint density at radius 3 is 2.58 bits per heavy atom. The van der Waals surface area contributed by atoms with Gasteiger partial charge in [-0.25, -0.2) is 14.6 Å². The number of hydrogen-bond acceptors (Lipinski definition) is 7. The molecular weight excluding hydrogens is 336 g/mol. The van der Waals surface area contributed by atoms with Crippen molar-refractivity contribution in [3.8, 4) is 0 Å². The Kier molecular flexibility index (Phi) is 3.94. The normalized spacial score (nSPS) is 11.7. The zero-order valence-corrected chi connectivity index (χ0v) is 13.9. The van der Waals surface area contributed by atoms with Crippen LogP contribution in [0.5, 0.6) is 0 Å². The summed E-state index contributed by atoms with van der Waals surface area (Å²) in [7, 11) is 1.87. The molecule has 0 amide bonds. The first-order valence-electron chi connectivity index (χ1n) is 8.02. The Hall–Kier alpha value is -3.17. The summed E-state index contributed by atoms with van der Waals surface area (Å²) >= 11 is 0. The number of hydrogen-bond donors (Lipinski definition) is 2. The molecule has 0 saturated carbocycles. The van der Waals surface area contributed by atoms with E-state index in [-0.39, 0.29) is 24.0 Å². The fourth-order valence-corrected chi connectivity index (χ4v) is 2.95. The quantitative estimate of drug-likeness (QED) is 0.495. The van der Waals surface area contributed by atoms with Crippen LogP contribution >= 0.6 is 0 Å². The average Bonchev–Trinajstić information content (AvgIpc) is 2.95. The maximum atomic E-state index is 12.7. The Bertz CT molecular complexity index is 1160. The molecule has 0 aliphatic carbocycles. The Balaban J connectivity index is 1.86. The van der Waals surface area contributed by atoms with Gasteiger partial charge in [0.15, 0.2) is 11.8 Å². The van der Waals surface area contributed by atoms with E-state index < -0.39 is 11.8 Å². The lowest BCUT2D eigenvalue weighted by Crippen LogP contribution is -2.28. The summed E-state index contributed by atoms with van der Waals surface area (Å²) in [5.74, 6) is 0.652. The highest BCUT2D eigenvalue weighted by Crippen LogP contribution is 2.15. The number of aromatic nitrogens is 6. The molecule has 0 bridgehead atoms. The molecule has 4 aromatic rings. The highest BCUT2D eigenvalue weighted by Gasteiger charge is 2.17. The lowest BCUT2D eigenvalue weighted by atomic mass is 10.2. The third kappa shape index (κ3) is 2.72. The third-order valence-corrected chi connectivity index (χ3v) is 4.20. The topological polar surface area (TPSA) is 119 Å². The second-order valence-corrected chi connectivity index (χ2v) is 5.92.